The maximum absolute atomic E-state index is 14.5. The number of halogens is 2. The molecule has 134 valence electrons. The zero-order valence-electron chi connectivity index (χ0n) is 14.8. The average Bonchev–Trinajstić information content (AvgIpc) is 3.30. The van der Waals surface area contributed by atoms with Crippen LogP contribution in [0.2, 0.25) is 0 Å². The molecule has 4 atom stereocenters. The number of epoxide rings is 1. The van der Waals surface area contributed by atoms with E-state index in [0.717, 1.165) is 11.8 Å². The van der Waals surface area contributed by atoms with E-state index in [4.69, 9.17) is 4.74 Å². The predicted octanol–water partition coefficient (Wildman–Crippen LogP) is 6.15. The molecule has 0 N–H and O–H groups in total. The van der Waals surface area contributed by atoms with E-state index in [9.17, 15) is 8.78 Å². The number of hydrogen-bond donors (Lipinski definition) is 0. The van der Waals surface area contributed by atoms with Crippen molar-refractivity contribution >= 4 is 5.57 Å². The molecule has 3 aliphatic rings. The number of rotatable bonds is 3. The fourth-order valence-electron chi connectivity index (χ4n) is 4.90. The van der Waals surface area contributed by atoms with Gasteiger partial charge >= 0.3 is 0 Å². The Bertz CT molecular complexity index is 880. The molecule has 0 bridgehead atoms. The van der Waals surface area contributed by atoms with Gasteiger partial charge in [-0.2, -0.15) is 0 Å². The third-order valence-electron chi connectivity index (χ3n) is 6.51. The first-order valence-corrected chi connectivity index (χ1v) is 9.54. The molecule has 0 radical (unpaired) electrons. The summed E-state index contributed by atoms with van der Waals surface area (Å²) < 4.78 is 33.9. The number of hydrogen-bond acceptors (Lipinski definition) is 1. The van der Waals surface area contributed by atoms with Crippen molar-refractivity contribution in [2.75, 3.05) is 6.61 Å². The Morgan fingerprint density at radius 3 is 2.38 bits per heavy atom. The van der Waals surface area contributed by atoms with Gasteiger partial charge in [0, 0.05) is 11.1 Å². The molecule has 2 aromatic carbocycles. The van der Waals surface area contributed by atoms with Crippen LogP contribution >= 0.6 is 0 Å². The first-order valence-electron chi connectivity index (χ1n) is 9.54. The van der Waals surface area contributed by atoms with Gasteiger partial charge in [-0.05, 0) is 53.7 Å². The van der Waals surface area contributed by atoms with Crippen LogP contribution in [0.1, 0.15) is 43.4 Å². The van der Waals surface area contributed by atoms with E-state index in [2.05, 4.69) is 25.1 Å². The lowest BCUT2D eigenvalue weighted by Crippen LogP contribution is -2.08. The molecule has 1 nitrogen and oxygen atoms in total. The van der Waals surface area contributed by atoms with Crippen LogP contribution < -0.4 is 0 Å². The average molecular weight is 352 g/mol. The Morgan fingerprint density at radius 2 is 1.65 bits per heavy atom. The van der Waals surface area contributed by atoms with E-state index < -0.39 is 11.6 Å². The van der Waals surface area contributed by atoms with E-state index in [0.29, 0.717) is 29.2 Å². The van der Waals surface area contributed by atoms with E-state index in [-0.39, 0.29) is 6.10 Å². The lowest BCUT2D eigenvalue weighted by atomic mass is 9.87. The highest BCUT2D eigenvalue weighted by Crippen LogP contribution is 2.50. The van der Waals surface area contributed by atoms with Crippen LogP contribution in [0.15, 0.2) is 42.5 Å². The fraction of sp³-hybridized carbons (Fsp3) is 0.391. The summed E-state index contributed by atoms with van der Waals surface area (Å²) in [6.07, 6.45) is 5.85. The van der Waals surface area contributed by atoms with Crippen molar-refractivity contribution in [3.8, 4) is 11.1 Å². The quantitative estimate of drug-likeness (QED) is 0.603. The smallest absolute Gasteiger partial charge is 0.167 e. The predicted molar refractivity (Wildman–Crippen MR) is 98.5 cm³/mol. The van der Waals surface area contributed by atoms with Crippen molar-refractivity contribution in [1.29, 1.82) is 0 Å². The van der Waals surface area contributed by atoms with Crippen molar-refractivity contribution in [3.63, 3.8) is 0 Å². The largest absolute Gasteiger partial charge is 0.368 e. The third-order valence-corrected chi connectivity index (χ3v) is 6.51. The molecular weight excluding hydrogens is 330 g/mol. The molecule has 1 saturated carbocycles. The van der Waals surface area contributed by atoms with Crippen molar-refractivity contribution in [3.05, 3.63) is 65.2 Å². The molecule has 1 heterocycles. The molecule has 3 heteroatoms. The maximum Gasteiger partial charge on any atom is 0.167 e. The number of ether oxygens (including phenoxy) is 1. The Morgan fingerprint density at radius 1 is 0.923 bits per heavy atom. The first kappa shape index (κ1) is 16.2. The topological polar surface area (TPSA) is 12.5 Å². The fourth-order valence-corrected chi connectivity index (χ4v) is 4.90. The summed E-state index contributed by atoms with van der Waals surface area (Å²) in [5.41, 5.74) is 4.01. The van der Waals surface area contributed by atoms with Crippen LogP contribution in [0.4, 0.5) is 8.78 Å². The second-order valence-electron chi connectivity index (χ2n) is 7.95. The number of allylic oxidation sites excluding steroid dienone is 2. The highest BCUT2D eigenvalue weighted by molar-refractivity contribution is 5.73. The van der Waals surface area contributed by atoms with Crippen molar-refractivity contribution in [1.82, 2.24) is 0 Å². The van der Waals surface area contributed by atoms with Crippen molar-refractivity contribution in [2.24, 2.45) is 17.8 Å². The van der Waals surface area contributed by atoms with Gasteiger partial charge in [0.05, 0.1) is 6.61 Å². The summed E-state index contributed by atoms with van der Waals surface area (Å²) in [4.78, 5) is 0. The Kier molecular flexibility index (Phi) is 3.75. The highest BCUT2D eigenvalue weighted by atomic mass is 19.2. The zero-order valence-corrected chi connectivity index (χ0v) is 14.8. The van der Waals surface area contributed by atoms with Gasteiger partial charge in [-0.25, -0.2) is 8.78 Å². The van der Waals surface area contributed by atoms with Gasteiger partial charge in [0.1, 0.15) is 6.10 Å². The molecule has 1 aliphatic heterocycles. The lowest BCUT2D eigenvalue weighted by molar-refractivity contribution is 0.399. The van der Waals surface area contributed by atoms with E-state index in [1.807, 2.05) is 12.1 Å². The normalized spacial score (nSPS) is 29.6. The zero-order chi connectivity index (χ0) is 17.8. The summed E-state index contributed by atoms with van der Waals surface area (Å²) >= 11 is 0. The second-order valence-corrected chi connectivity index (χ2v) is 7.95. The van der Waals surface area contributed by atoms with Crippen molar-refractivity contribution in [2.45, 2.75) is 32.3 Å². The molecule has 5 rings (SSSR count). The number of benzene rings is 2. The minimum atomic E-state index is -0.782. The molecule has 0 aromatic heterocycles. The molecule has 4 unspecified atom stereocenters. The molecule has 1 saturated heterocycles. The summed E-state index contributed by atoms with van der Waals surface area (Å²) in [6.45, 7) is 2.83. The Balaban J connectivity index is 1.43. The van der Waals surface area contributed by atoms with Gasteiger partial charge in [-0.3, -0.25) is 0 Å². The monoisotopic (exact) mass is 352 g/mol. The summed E-state index contributed by atoms with van der Waals surface area (Å²) in [5.74, 6) is 0.696. The number of fused-ring (bicyclic) bond motifs is 1. The van der Waals surface area contributed by atoms with Crippen LogP contribution in [-0.2, 0) is 4.74 Å². The molecule has 2 aromatic rings. The van der Waals surface area contributed by atoms with Crippen LogP contribution in [0.3, 0.4) is 0 Å². The van der Waals surface area contributed by atoms with Crippen LogP contribution in [0, 0.1) is 29.4 Å². The van der Waals surface area contributed by atoms with Crippen LogP contribution in [-0.4, -0.2) is 6.61 Å². The van der Waals surface area contributed by atoms with Gasteiger partial charge in [0.15, 0.2) is 11.6 Å². The van der Waals surface area contributed by atoms with E-state index >= 15 is 0 Å². The minimum Gasteiger partial charge on any atom is -0.368 e. The van der Waals surface area contributed by atoms with E-state index in [1.54, 1.807) is 12.1 Å². The van der Waals surface area contributed by atoms with Gasteiger partial charge in [0.25, 0.3) is 0 Å². The first-order chi connectivity index (χ1) is 12.6. The molecule has 2 fully saturated rings. The van der Waals surface area contributed by atoms with Crippen LogP contribution in [0.5, 0.6) is 0 Å². The summed E-state index contributed by atoms with van der Waals surface area (Å²) in [6, 6.07) is 11.2. The standard InChI is InChI=1S/C23H22F2O/c1-13-2-7-19-16(13)8-9-17(19)14-3-5-15(6-4-14)18-10-11-20(21-12-26-21)23(25)22(18)24/h3-6,9-11,13,16,19,21H,2,7-8,12H2,1H3. The molecule has 0 amide bonds. The van der Waals surface area contributed by atoms with Gasteiger partial charge in [-0.15, -0.1) is 0 Å². The Hall–Kier alpha value is -2.00. The maximum atomic E-state index is 14.5. The Labute approximate surface area is 152 Å². The van der Waals surface area contributed by atoms with Gasteiger partial charge < -0.3 is 4.74 Å². The lowest BCUT2D eigenvalue weighted by Gasteiger charge is -2.17. The third kappa shape index (κ3) is 2.52. The molecule has 26 heavy (non-hydrogen) atoms. The molecular formula is C23H22F2O. The molecule has 0 spiro atoms. The molecule has 2 aliphatic carbocycles. The summed E-state index contributed by atoms with van der Waals surface area (Å²) in [5, 5.41) is 0. The summed E-state index contributed by atoms with van der Waals surface area (Å²) in [7, 11) is 0. The minimum absolute atomic E-state index is 0.281. The van der Waals surface area contributed by atoms with Crippen molar-refractivity contribution < 1.29 is 13.5 Å². The van der Waals surface area contributed by atoms with Gasteiger partial charge in [-0.1, -0.05) is 49.4 Å². The van der Waals surface area contributed by atoms with Crippen LogP contribution in [0.25, 0.3) is 16.7 Å². The highest BCUT2D eigenvalue weighted by Gasteiger charge is 2.38. The second kappa shape index (κ2) is 6.02. The van der Waals surface area contributed by atoms with E-state index in [1.165, 1.54) is 30.4 Å². The SMILES string of the molecule is CC1CCC2C(c3ccc(-c4ccc(C5CO5)c(F)c4F)cc3)=CCC12. The van der Waals surface area contributed by atoms with Gasteiger partial charge in [0.2, 0.25) is 0 Å².